The monoisotopic (exact) mass is 177 g/mol. The Bertz CT molecular complexity index is 223. The van der Waals surface area contributed by atoms with E-state index in [1.807, 2.05) is 12.4 Å². The molecule has 0 spiro atoms. The quantitative estimate of drug-likeness (QED) is 0.623. The molecule has 1 atom stereocenters. The van der Waals surface area contributed by atoms with Crippen LogP contribution in [0, 0.1) is 5.92 Å². The van der Waals surface area contributed by atoms with E-state index in [4.69, 9.17) is 0 Å². The number of hydrogen-bond acceptors (Lipinski definition) is 1. The number of unbranched alkanes of at least 4 members (excludes halogenated alkanes) is 1. The molecule has 0 saturated heterocycles. The lowest BCUT2D eigenvalue weighted by molar-refractivity contribution is 0.632. The van der Waals surface area contributed by atoms with Crippen molar-refractivity contribution in [3.05, 3.63) is 23.9 Å². The summed E-state index contributed by atoms with van der Waals surface area (Å²) >= 11 is 0. The Labute approximate surface area is 81.3 Å². The van der Waals surface area contributed by atoms with Crippen LogP contribution in [-0.2, 0) is 0 Å². The van der Waals surface area contributed by atoms with E-state index in [1.165, 1.54) is 19.3 Å². The molecule has 0 aromatic heterocycles. The minimum absolute atomic E-state index is 0.689. The first kappa shape index (κ1) is 10.2. The first-order valence-corrected chi connectivity index (χ1v) is 5.21. The zero-order valence-electron chi connectivity index (χ0n) is 8.66. The summed E-state index contributed by atoms with van der Waals surface area (Å²) in [4.78, 5) is 4.14. The van der Waals surface area contributed by atoms with E-state index in [0.29, 0.717) is 5.92 Å². The molecule has 0 aromatic rings. The predicted octanol–water partition coefficient (Wildman–Crippen LogP) is 3.73. The molecule has 1 unspecified atom stereocenters. The number of rotatable bonds is 3. The van der Waals surface area contributed by atoms with Gasteiger partial charge in [-0.15, -0.1) is 0 Å². The first-order chi connectivity index (χ1) is 6.34. The van der Waals surface area contributed by atoms with Crippen molar-refractivity contribution < 1.29 is 0 Å². The van der Waals surface area contributed by atoms with Crippen molar-refractivity contribution in [2.45, 2.75) is 39.5 Å². The van der Waals surface area contributed by atoms with E-state index in [9.17, 15) is 0 Å². The summed E-state index contributed by atoms with van der Waals surface area (Å²) in [6.45, 7) is 4.53. The highest BCUT2D eigenvalue weighted by Crippen LogP contribution is 2.21. The second kappa shape index (κ2) is 5.74. The summed E-state index contributed by atoms with van der Waals surface area (Å²) in [5.74, 6) is 0.689. The molecular formula is C12H19N. The van der Waals surface area contributed by atoms with Crippen LogP contribution in [0.2, 0.25) is 0 Å². The maximum atomic E-state index is 4.14. The van der Waals surface area contributed by atoms with Crippen LogP contribution in [0.1, 0.15) is 39.5 Å². The lowest BCUT2D eigenvalue weighted by atomic mass is 9.93. The molecule has 0 amide bonds. The lowest BCUT2D eigenvalue weighted by Crippen LogP contribution is -2.00. The van der Waals surface area contributed by atoms with Crippen molar-refractivity contribution in [3.8, 4) is 0 Å². The van der Waals surface area contributed by atoms with Crippen LogP contribution in [-0.4, -0.2) is 6.21 Å². The number of allylic oxidation sites excluding steroid dienone is 3. The van der Waals surface area contributed by atoms with E-state index in [2.05, 4.69) is 31.0 Å². The Morgan fingerprint density at radius 2 is 2.38 bits per heavy atom. The third-order valence-corrected chi connectivity index (χ3v) is 2.51. The molecule has 0 saturated carbocycles. The summed E-state index contributed by atoms with van der Waals surface area (Å²) in [7, 11) is 0. The average molecular weight is 177 g/mol. The van der Waals surface area contributed by atoms with Crippen LogP contribution in [0.3, 0.4) is 0 Å². The van der Waals surface area contributed by atoms with Crippen molar-refractivity contribution in [1.82, 2.24) is 0 Å². The SMILES string of the molecule is CCCC/C1=C/C=N/C=C/CC1C. The second-order valence-electron chi connectivity index (χ2n) is 3.66. The Balaban J connectivity index is 2.57. The summed E-state index contributed by atoms with van der Waals surface area (Å²) in [6, 6.07) is 0. The van der Waals surface area contributed by atoms with E-state index in [-0.39, 0.29) is 0 Å². The molecule has 13 heavy (non-hydrogen) atoms. The van der Waals surface area contributed by atoms with Crippen LogP contribution >= 0.6 is 0 Å². The molecule has 0 bridgehead atoms. The van der Waals surface area contributed by atoms with Crippen LogP contribution in [0.5, 0.6) is 0 Å². The van der Waals surface area contributed by atoms with Crippen molar-refractivity contribution in [3.63, 3.8) is 0 Å². The molecule has 1 rings (SSSR count). The van der Waals surface area contributed by atoms with Crippen LogP contribution in [0.4, 0.5) is 0 Å². The first-order valence-electron chi connectivity index (χ1n) is 5.21. The van der Waals surface area contributed by atoms with Crippen LogP contribution in [0.25, 0.3) is 0 Å². The molecule has 1 aliphatic rings. The topological polar surface area (TPSA) is 12.4 Å². The summed E-state index contributed by atoms with van der Waals surface area (Å²) in [6.07, 6.45) is 13.1. The molecule has 0 fully saturated rings. The molecule has 1 aliphatic heterocycles. The zero-order chi connectivity index (χ0) is 9.52. The maximum Gasteiger partial charge on any atom is 0.0267 e. The van der Waals surface area contributed by atoms with Gasteiger partial charge in [0.2, 0.25) is 0 Å². The Morgan fingerprint density at radius 3 is 3.15 bits per heavy atom. The van der Waals surface area contributed by atoms with Gasteiger partial charge in [0.1, 0.15) is 0 Å². The minimum atomic E-state index is 0.689. The highest BCUT2D eigenvalue weighted by Gasteiger charge is 2.06. The smallest absolute Gasteiger partial charge is 0.0267 e. The molecule has 0 aliphatic carbocycles. The molecule has 0 N–H and O–H groups in total. The normalized spacial score (nSPS) is 31.2. The van der Waals surface area contributed by atoms with Gasteiger partial charge in [0.25, 0.3) is 0 Å². The van der Waals surface area contributed by atoms with E-state index in [0.717, 1.165) is 6.42 Å². The average Bonchev–Trinajstić information content (AvgIpc) is 2.11. The highest BCUT2D eigenvalue weighted by molar-refractivity contribution is 5.73. The Hall–Kier alpha value is -0.850. The lowest BCUT2D eigenvalue weighted by Gasteiger charge is -2.14. The van der Waals surface area contributed by atoms with E-state index < -0.39 is 0 Å². The number of aliphatic imine (C=N–C) groups is 1. The second-order valence-corrected chi connectivity index (χ2v) is 3.66. The zero-order valence-corrected chi connectivity index (χ0v) is 8.66. The summed E-state index contributed by atoms with van der Waals surface area (Å²) < 4.78 is 0. The number of hydrogen-bond donors (Lipinski definition) is 0. The van der Waals surface area contributed by atoms with Crippen LogP contribution in [0.15, 0.2) is 28.9 Å². The van der Waals surface area contributed by atoms with Gasteiger partial charge in [0.05, 0.1) is 0 Å². The molecule has 1 heteroatoms. The van der Waals surface area contributed by atoms with Gasteiger partial charge in [0, 0.05) is 12.4 Å². The van der Waals surface area contributed by atoms with Crippen LogP contribution < -0.4 is 0 Å². The fraction of sp³-hybridized carbons (Fsp3) is 0.583. The molecule has 0 radical (unpaired) electrons. The highest BCUT2D eigenvalue weighted by atomic mass is 14.7. The summed E-state index contributed by atoms with van der Waals surface area (Å²) in [5.41, 5.74) is 1.55. The summed E-state index contributed by atoms with van der Waals surface area (Å²) in [5, 5.41) is 0. The van der Waals surface area contributed by atoms with Gasteiger partial charge in [0.15, 0.2) is 0 Å². The molecular weight excluding hydrogens is 158 g/mol. The molecule has 1 nitrogen and oxygen atoms in total. The van der Waals surface area contributed by atoms with E-state index >= 15 is 0 Å². The fourth-order valence-electron chi connectivity index (χ4n) is 1.54. The Kier molecular flexibility index (Phi) is 4.52. The molecule has 1 heterocycles. The van der Waals surface area contributed by atoms with Crippen molar-refractivity contribution >= 4 is 6.21 Å². The minimum Gasteiger partial charge on any atom is -0.265 e. The van der Waals surface area contributed by atoms with Crippen molar-refractivity contribution in [2.24, 2.45) is 10.9 Å². The van der Waals surface area contributed by atoms with Gasteiger partial charge < -0.3 is 0 Å². The van der Waals surface area contributed by atoms with Crippen molar-refractivity contribution in [1.29, 1.82) is 0 Å². The van der Waals surface area contributed by atoms with Gasteiger partial charge in [-0.05, 0) is 31.3 Å². The fourth-order valence-corrected chi connectivity index (χ4v) is 1.54. The third-order valence-electron chi connectivity index (χ3n) is 2.51. The third kappa shape index (κ3) is 3.58. The van der Waals surface area contributed by atoms with Gasteiger partial charge >= 0.3 is 0 Å². The standard InChI is InChI=1S/C12H19N/c1-3-4-7-12-8-10-13-9-5-6-11(12)2/h5,8-11H,3-4,6-7H2,1-2H3/b9-5+,12-8-,13-10+. The Morgan fingerprint density at radius 1 is 1.54 bits per heavy atom. The van der Waals surface area contributed by atoms with Gasteiger partial charge in [-0.25, -0.2) is 0 Å². The molecule has 72 valence electrons. The van der Waals surface area contributed by atoms with E-state index in [1.54, 1.807) is 5.57 Å². The predicted molar refractivity (Wildman–Crippen MR) is 59.0 cm³/mol. The maximum absolute atomic E-state index is 4.14. The van der Waals surface area contributed by atoms with Gasteiger partial charge in [-0.2, -0.15) is 0 Å². The molecule has 0 aromatic carbocycles. The largest absolute Gasteiger partial charge is 0.265 e. The number of nitrogens with zero attached hydrogens (tertiary/aromatic N) is 1. The van der Waals surface area contributed by atoms with Gasteiger partial charge in [-0.1, -0.05) is 31.9 Å². The van der Waals surface area contributed by atoms with Crippen molar-refractivity contribution in [2.75, 3.05) is 0 Å². The van der Waals surface area contributed by atoms with Gasteiger partial charge in [-0.3, -0.25) is 4.99 Å².